The lowest BCUT2D eigenvalue weighted by Crippen LogP contribution is -2.24. The van der Waals surface area contributed by atoms with Gasteiger partial charge in [0.15, 0.2) is 0 Å². The first kappa shape index (κ1) is 23.8. The van der Waals surface area contributed by atoms with Gasteiger partial charge in [0.05, 0.1) is 19.2 Å². The maximum absolute atomic E-state index is 13.5. The van der Waals surface area contributed by atoms with E-state index in [1.807, 2.05) is 0 Å². The second kappa shape index (κ2) is 10.6. The Morgan fingerprint density at radius 3 is 2.18 bits per heavy atom. The molecule has 1 heterocycles. The number of carbonyl (C=O) groups is 2. The smallest absolute Gasteiger partial charge is 0.404 e. The Hall–Kier alpha value is -3.85. The maximum Gasteiger partial charge on any atom is 0.404 e. The molecule has 0 saturated heterocycles. The van der Waals surface area contributed by atoms with Crippen LogP contribution in [0.25, 0.3) is 11.1 Å². The van der Waals surface area contributed by atoms with Gasteiger partial charge in [0.1, 0.15) is 11.5 Å². The van der Waals surface area contributed by atoms with Crippen LogP contribution in [0.2, 0.25) is 5.02 Å². The van der Waals surface area contributed by atoms with Crippen molar-refractivity contribution < 1.29 is 28.6 Å². The molecule has 3 N–H and O–H groups in total. The Bertz CT molecular complexity index is 1170. The maximum atomic E-state index is 13.5. The van der Waals surface area contributed by atoms with Crippen molar-refractivity contribution >= 4 is 23.6 Å². The van der Waals surface area contributed by atoms with Gasteiger partial charge in [0, 0.05) is 36.5 Å². The van der Waals surface area contributed by atoms with E-state index in [1.54, 1.807) is 36.4 Å². The Balaban J connectivity index is 1.88. The second-order valence-electron chi connectivity index (χ2n) is 6.98. The number of carboxylic acid groups (broad SMARTS) is 1. The highest BCUT2D eigenvalue weighted by Crippen LogP contribution is 2.26. The quantitative estimate of drug-likeness (QED) is 0.422. The number of nitrogens with one attached hydrogen (secondary N) is 2. The van der Waals surface area contributed by atoms with Gasteiger partial charge in [0.2, 0.25) is 5.95 Å². The summed E-state index contributed by atoms with van der Waals surface area (Å²) in [5.41, 5.74) is 2.58. The lowest BCUT2D eigenvalue weighted by molar-refractivity contribution is 0.0950. The van der Waals surface area contributed by atoms with Gasteiger partial charge in [0.25, 0.3) is 5.91 Å². The zero-order valence-corrected chi connectivity index (χ0v) is 18.6. The van der Waals surface area contributed by atoms with Crippen molar-refractivity contribution in [1.29, 1.82) is 0 Å². The van der Waals surface area contributed by atoms with Crippen LogP contribution in [0.15, 0.2) is 48.7 Å². The molecule has 2 amide bonds. The molecule has 0 bridgehead atoms. The van der Waals surface area contributed by atoms with Gasteiger partial charge >= 0.3 is 6.09 Å². The van der Waals surface area contributed by atoms with Gasteiger partial charge in [-0.2, -0.15) is 4.39 Å². The summed E-state index contributed by atoms with van der Waals surface area (Å²) in [6, 6.07) is 11.5. The van der Waals surface area contributed by atoms with E-state index in [9.17, 15) is 14.0 Å². The van der Waals surface area contributed by atoms with E-state index in [4.69, 9.17) is 26.2 Å². The van der Waals surface area contributed by atoms with Crippen molar-refractivity contribution in [3.8, 4) is 22.6 Å². The molecule has 1 aromatic heterocycles. The van der Waals surface area contributed by atoms with E-state index in [0.717, 1.165) is 5.56 Å². The van der Waals surface area contributed by atoms with Crippen molar-refractivity contribution in [2.24, 2.45) is 0 Å². The summed E-state index contributed by atoms with van der Waals surface area (Å²) in [5, 5.41) is 13.8. The summed E-state index contributed by atoms with van der Waals surface area (Å²) >= 11 is 5.85. The number of halogens is 2. The molecular weight excluding hydrogens is 453 g/mol. The van der Waals surface area contributed by atoms with Crippen molar-refractivity contribution in [3.05, 3.63) is 76.3 Å². The number of aromatic nitrogens is 1. The van der Waals surface area contributed by atoms with Crippen molar-refractivity contribution in [3.63, 3.8) is 0 Å². The van der Waals surface area contributed by atoms with Crippen molar-refractivity contribution in [1.82, 2.24) is 15.6 Å². The monoisotopic (exact) mass is 473 g/mol. The number of pyridine rings is 1. The van der Waals surface area contributed by atoms with Crippen LogP contribution in [-0.4, -0.2) is 36.3 Å². The molecule has 0 saturated carbocycles. The third kappa shape index (κ3) is 6.33. The van der Waals surface area contributed by atoms with E-state index in [-0.39, 0.29) is 23.7 Å². The van der Waals surface area contributed by atoms with Crippen LogP contribution in [0.5, 0.6) is 11.5 Å². The first-order chi connectivity index (χ1) is 15.8. The van der Waals surface area contributed by atoms with Crippen LogP contribution < -0.4 is 20.1 Å². The lowest BCUT2D eigenvalue weighted by atomic mass is 10.00. The fourth-order valence-electron chi connectivity index (χ4n) is 3.10. The Labute approximate surface area is 194 Å². The normalized spacial score (nSPS) is 10.4. The molecule has 0 aliphatic carbocycles. The molecular formula is C23H21ClFN3O5. The molecule has 10 heteroatoms. The fourth-order valence-corrected chi connectivity index (χ4v) is 3.27. The van der Waals surface area contributed by atoms with Gasteiger partial charge < -0.3 is 25.2 Å². The van der Waals surface area contributed by atoms with Crippen LogP contribution in [0.1, 0.15) is 21.5 Å². The Kier molecular flexibility index (Phi) is 7.68. The fraction of sp³-hybridized carbons (Fsp3) is 0.174. The van der Waals surface area contributed by atoms with Crippen LogP contribution in [0.4, 0.5) is 9.18 Å². The molecule has 2 aromatic carbocycles. The predicted molar refractivity (Wildman–Crippen MR) is 120 cm³/mol. The number of benzene rings is 2. The van der Waals surface area contributed by atoms with Crippen LogP contribution in [-0.2, 0) is 13.1 Å². The summed E-state index contributed by atoms with van der Waals surface area (Å²) < 4.78 is 24.0. The molecule has 3 rings (SSSR count). The number of rotatable bonds is 8. The number of amides is 2. The highest BCUT2D eigenvalue weighted by Gasteiger charge is 2.13. The molecule has 33 heavy (non-hydrogen) atoms. The van der Waals surface area contributed by atoms with Gasteiger partial charge in [-0.05, 0) is 53.1 Å². The molecule has 172 valence electrons. The second-order valence-corrected chi connectivity index (χ2v) is 7.38. The minimum atomic E-state index is -1.20. The van der Waals surface area contributed by atoms with E-state index in [1.165, 1.54) is 26.5 Å². The van der Waals surface area contributed by atoms with Gasteiger partial charge in [-0.25, -0.2) is 9.78 Å². The molecule has 0 spiro atoms. The van der Waals surface area contributed by atoms with Crippen LogP contribution >= 0.6 is 11.6 Å². The van der Waals surface area contributed by atoms with Gasteiger partial charge in [-0.1, -0.05) is 11.6 Å². The molecule has 0 fully saturated rings. The number of hydrogen-bond donors (Lipinski definition) is 3. The Morgan fingerprint density at radius 1 is 0.939 bits per heavy atom. The molecule has 0 radical (unpaired) electrons. The molecule has 0 aliphatic rings. The summed E-state index contributed by atoms with van der Waals surface area (Å²) in [6.07, 6.45) is 0.0830. The standard InChI is InChI=1S/C23H21ClFN3O5/c1-32-18-5-14(6-19(9-18)33-2)10-27-22(29)16-4-13(11-28-23(30)31)3-15(7-16)17-8-20(24)21(25)26-12-17/h3-9,12,28H,10-11H2,1-2H3,(H,27,29)(H,30,31). The predicted octanol–water partition coefficient (Wildman–Crippen LogP) is 4.26. The highest BCUT2D eigenvalue weighted by molar-refractivity contribution is 6.30. The van der Waals surface area contributed by atoms with Gasteiger partial charge in [-0.15, -0.1) is 0 Å². The van der Waals surface area contributed by atoms with Crippen molar-refractivity contribution in [2.45, 2.75) is 13.1 Å². The summed E-state index contributed by atoms with van der Waals surface area (Å²) in [6.45, 7) is 0.169. The zero-order valence-electron chi connectivity index (χ0n) is 17.8. The van der Waals surface area contributed by atoms with Crippen molar-refractivity contribution in [2.75, 3.05) is 14.2 Å². The van der Waals surface area contributed by atoms with Crippen LogP contribution in [0, 0.1) is 5.95 Å². The molecule has 0 aliphatic heterocycles. The minimum absolute atomic E-state index is 0.0289. The van der Waals surface area contributed by atoms with E-state index in [2.05, 4.69) is 15.6 Å². The lowest BCUT2D eigenvalue weighted by Gasteiger charge is -2.12. The topological polar surface area (TPSA) is 110 Å². The number of methoxy groups -OCH3 is 2. The first-order valence-corrected chi connectivity index (χ1v) is 10.1. The van der Waals surface area contributed by atoms with E-state index >= 15 is 0 Å². The summed E-state index contributed by atoms with van der Waals surface area (Å²) in [7, 11) is 3.07. The third-order valence-corrected chi connectivity index (χ3v) is 4.96. The molecule has 0 atom stereocenters. The largest absolute Gasteiger partial charge is 0.497 e. The number of carbonyl (C=O) groups excluding carboxylic acids is 1. The number of ether oxygens (including phenoxy) is 2. The summed E-state index contributed by atoms with van der Waals surface area (Å²) in [4.78, 5) is 27.4. The first-order valence-electron chi connectivity index (χ1n) is 9.71. The summed E-state index contributed by atoms with van der Waals surface area (Å²) in [5.74, 6) is -0.0289. The van der Waals surface area contributed by atoms with E-state index < -0.39 is 17.9 Å². The molecule has 3 aromatic rings. The van der Waals surface area contributed by atoms with Crippen LogP contribution in [0.3, 0.4) is 0 Å². The van der Waals surface area contributed by atoms with Gasteiger partial charge in [-0.3, -0.25) is 4.79 Å². The average Bonchev–Trinajstić information content (AvgIpc) is 2.82. The molecule has 0 unspecified atom stereocenters. The zero-order chi connectivity index (χ0) is 24.0. The SMILES string of the molecule is COc1cc(CNC(=O)c2cc(CNC(=O)O)cc(-c3cnc(F)c(Cl)c3)c2)cc(OC)c1. The highest BCUT2D eigenvalue weighted by atomic mass is 35.5. The number of hydrogen-bond acceptors (Lipinski definition) is 5. The average molecular weight is 474 g/mol. The van der Waals surface area contributed by atoms with E-state index in [0.29, 0.717) is 28.2 Å². The Morgan fingerprint density at radius 2 is 1.58 bits per heavy atom. The third-order valence-electron chi connectivity index (χ3n) is 4.69. The minimum Gasteiger partial charge on any atom is -0.497 e. The number of nitrogens with zero attached hydrogens (tertiary/aromatic N) is 1. The molecule has 8 nitrogen and oxygen atoms in total.